The lowest BCUT2D eigenvalue weighted by Gasteiger charge is -2.11. The van der Waals surface area contributed by atoms with Crippen LogP contribution in [-0.2, 0) is 0 Å². The minimum absolute atomic E-state index is 0.00116. The summed E-state index contributed by atoms with van der Waals surface area (Å²) in [5.74, 6) is -0.660. The summed E-state index contributed by atoms with van der Waals surface area (Å²) in [7, 11) is 0. The fourth-order valence-corrected chi connectivity index (χ4v) is 1.61. The van der Waals surface area contributed by atoms with Crippen LogP contribution in [0.25, 0.3) is 0 Å². The molecule has 1 aromatic rings. The number of hydrogen-bond acceptors (Lipinski definition) is 2. The molecule has 0 fully saturated rings. The Labute approximate surface area is 109 Å². The quantitative estimate of drug-likeness (QED) is 0.804. The molecule has 0 bridgehead atoms. The molecule has 1 N–H and O–H groups in total. The van der Waals surface area contributed by atoms with E-state index >= 15 is 0 Å². The van der Waals surface area contributed by atoms with E-state index in [1.807, 2.05) is 0 Å². The maximum absolute atomic E-state index is 11.9. The number of hydrogen-bond donors (Lipinski definition) is 1. The molecule has 0 unspecified atom stereocenters. The molecule has 0 saturated heterocycles. The lowest BCUT2D eigenvalue weighted by molar-refractivity contribution is -0.135. The Kier molecular flexibility index (Phi) is 5.20. The third kappa shape index (κ3) is 5.19. The maximum atomic E-state index is 11.9. The van der Waals surface area contributed by atoms with E-state index in [-0.39, 0.29) is 25.0 Å². The molecule has 0 aromatic heterocycles. The van der Waals surface area contributed by atoms with Gasteiger partial charge in [0, 0.05) is 12.0 Å². The molecule has 1 rings (SSSR count). The van der Waals surface area contributed by atoms with E-state index in [1.165, 1.54) is 6.07 Å². The summed E-state index contributed by atoms with van der Waals surface area (Å²) in [5.41, 5.74) is 0.610. The first kappa shape index (κ1) is 15.3. The summed E-state index contributed by atoms with van der Waals surface area (Å²) in [6.07, 6.45) is -4.69. The summed E-state index contributed by atoms with van der Waals surface area (Å²) in [5, 5.41) is 8.91. The molecule has 0 heterocycles. The topological polar surface area (TPSA) is 46.5 Å². The van der Waals surface area contributed by atoms with Gasteiger partial charge >= 0.3 is 12.1 Å². The van der Waals surface area contributed by atoms with Crippen LogP contribution >= 0.6 is 0 Å². The van der Waals surface area contributed by atoms with Crippen LogP contribution in [0.15, 0.2) is 18.2 Å². The molecule has 3 nitrogen and oxygen atoms in total. The summed E-state index contributed by atoms with van der Waals surface area (Å²) >= 11 is 0. The van der Waals surface area contributed by atoms with E-state index in [4.69, 9.17) is 9.84 Å². The highest BCUT2D eigenvalue weighted by Crippen LogP contribution is 2.24. The molecule has 19 heavy (non-hydrogen) atoms. The summed E-state index contributed by atoms with van der Waals surface area (Å²) < 4.78 is 41.0. The number of unbranched alkanes of at least 4 members (excludes halogenated alkanes) is 1. The number of alkyl halides is 3. The summed E-state index contributed by atoms with van der Waals surface area (Å²) in [4.78, 5) is 10.9. The normalized spacial score (nSPS) is 11.4. The van der Waals surface area contributed by atoms with Crippen molar-refractivity contribution in [3.05, 3.63) is 29.3 Å². The highest BCUT2D eigenvalue weighted by atomic mass is 19.4. The first-order valence-corrected chi connectivity index (χ1v) is 5.84. The van der Waals surface area contributed by atoms with E-state index in [2.05, 4.69) is 0 Å². The molecule has 0 radical (unpaired) electrons. The third-order valence-electron chi connectivity index (χ3n) is 2.63. The SMILES string of the molecule is Cc1c(OCCCCC(F)(F)F)cccc1C(=O)O. The largest absolute Gasteiger partial charge is 0.493 e. The van der Waals surface area contributed by atoms with E-state index in [0.717, 1.165) is 0 Å². The molecular weight excluding hydrogens is 261 g/mol. The van der Waals surface area contributed by atoms with Crippen LogP contribution in [0.2, 0.25) is 0 Å². The average molecular weight is 276 g/mol. The lowest BCUT2D eigenvalue weighted by atomic mass is 10.1. The van der Waals surface area contributed by atoms with Crippen LogP contribution in [0.1, 0.15) is 35.2 Å². The Bertz CT molecular complexity index is 441. The van der Waals surface area contributed by atoms with Crippen molar-refractivity contribution in [2.45, 2.75) is 32.4 Å². The van der Waals surface area contributed by atoms with Gasteiger partial charge in [0.15, 0.2) is 0 Å². The molecule has 0 spiro atoms. The van der Waals surface area contributed by atoms with Crippen molar-refractivity contribution < 1.29 is 27.8 Å². The number of benzene rings is 1. The van der Waals surface area contributed by atoms with Gasteiger partial charge in [-0.2, -0.15) is 13.2 Å². The molecule has 0 amide bonds. The zero-order valence-electron chi connectivity index (χ0n) is 10.5. The number of halogens is 3. The van der Waals surface area contributed by atoms with Crippen molar-refractivity contribution in [2.24, 2.45) is 0 Å². The second kappa shape index (κ2) is 6.45. The van der Waals surface area contributed by atoms with Crippen molar-refractivity contribution in [1.29, 1.82) is 0 Å². The number of carbonyl (C=O) groups is 1. The van der Waals surface area contributed by atoms with Crippen LogP contribution in [0, 0.1) is 6.92 Å². The van der Waals surface area contributed by atoms with Crippen molar-refractivity contribution in [3.8, 4) is 5.75 Å². The van der Waals surface area contributed by atoms with Crippen molar-refractivity contribution in [2.75, 3.05) is 6.61 Å². The molecular formula is C13H15F3O3. The zero-order valence-corrected chi connectivity index (χ0v) is 10.5. The smallest absolute Gasteiger partial charge is 0.389 e. The van der Waals surface area contributed by atoms with Gasteiger partial charge in [-0.3, -0.25) is 0 Å². The van der Waals surface area contributed by atoms with Crippen molar-refractivity contribution >= 4 is 5.97 Å². The van der Waals surface area contributed by atoms with E-state index in [9.17, 15) is 18.0 Å². The van der Waals surface area contributed by atoms with Gasteiger partial charge in [-0.25, -0.2) is 4.79 Å². The van der Waals surface area contributed by atoms with Gasteiger partial charge in [0.05, 0.1) is 12.2 Å². The Morgan fingerprint density at radius 3 is 2.58 bits per heavy atom. The molecule has 1 aromatic carbocycles. The minimum Gasteiger partial charge on any atom is -0.493 e. The highest BCUT2D eigenvalue weighted by Gasteiger charge is 2.25. The fourth-order valence-electron chi connectivity index (χ4n) is 1.61. The van der Waals surface area contributed by atoms with Crippen LogP contribution < -0.4 is 4.74 Å². The second-order valence-electron chi connectivity index (χ2n) is 4.15. The maximum Gasteiger partial charge on any atom is 0.389 e. The number of carboxylic acids is 1. The summed E-state index contributed by atoms with van der Waals surface area (Å²) in [6.45, 7) is 1.74. The zero-order chi connectivity index (χ0) is 14.5. The van der Waals surface area contributed by atoms with E-state index in [1.54, 1.807) is 19.1 Å². The molecule has 0 aliphatic rings. The first-order chi connectivity index (χ1) is 8.81. The molecule has 0 aliphatic heterocycles. The van der Waals surface area contributed by atoms with Crippen LogP contribution in [0.5, 0.6) is 5.75 Å². The average Bonchev–Trinajstić information content (AvgIpc) is 2.28. The molecule has 0 saturated carbocycles. The van der Waals surface area contributed by atoms with Crippen LogP contribution in [-0.4, -0.2) is 23.9 Å². The second-order valence-corrected chi connectivity index (χ2v) is 4.15. The molecule has 106 valence electrons. The standard InChI is InChI=1S/C13H15F3O3/c1-9-10(12(17)18)5-4-6-11(9)19-8-3-2-7-13(14,15)16/h4-6H,2-3,7-8H2,1H3,(H,17,18). The molecule has 0 aliphatic carbocycles. The Morgan fingerprint density at radius 1 is 1.32 bits per heavy atom. The van der Waals surface area contributed by atoms with Gasteiger partial charge in [-0.15, -0.1) is 0 Å². The number of carboxylic acid groups (broad SMARTS) is 1. The van der Waals surface area contributed by atoms with Gasteiger partial charge in [-0.1, -0.05) is 6.07 Å². The Morgan fingerprint density at radius 2 is 2.00 bits per heavy atom. The Balaban J connectivity index is 2.46. The fraction of sp³-hybridized carbons (Fsp3) is 0.462. The van der Waals surface area contributed by atoms with Gasteiger partial charge in [0.25, 0.3) is 0 Å². The number of ether oxygens (including phenoxy) is 1. The predicted octanol–water partition coefficient (Wildman–Crippen LogP) is 3.80. The van der Waals surface area contributed by atoms with Gasteiger partial charge < -0.3 is 9.84 Å². The summed E-state index contributed by atoms with van der Waals surface area (Å²) in [6, 6.07) is 4.60. The highest BCUT2D eigenvalue weighted by molar-refractivity contribution is 5.90. The van der Waals surface area contributed by atoms with E-state index < -0.39 is 18.6 Å². The van der Waals surface area contributed by atoms with E-state index in [0.29, 0.717) is 11.3 Å². The predicted molar refractivity (Wildman–Crippen MR) is 63.5 cm³/mol. The number of aromatic carboxylic acids is 1. The minimum atomic E-state index is -4.14. The van der Waals surface area contributed by atoms with Gasteiger partial charge in [0.1, 0.15) is 5.75 Å². The monoisotopic (exact) mass is 276 g/mol. The third-order valence-corrected chi connectivity index (χ3v) is 2.63. The van der Waals surface area contributed by atoms with Crippen molar-refractivity contribution in [1.82, 2.24) is 0 Å². The molecule has 0 atom stereocenters. The Hall–Kier alpha value is -1.72. The van der Waals surface area contributed by atoms with Gasteiger partial charge in [-0.05, 0) is 31.9 Å². The lowest BCUT2D eigenvalue weighted by Crippen LogP contribution is -2.08. The van der Waals surface area contributed by atoms with Crippen LogP contribution in [0.4, 0.5) is 13.2 Å². The van der Waals surface area contributed by atoms with Crippen molar-refractivity contribution in [3.63, 3.8) is 0 Å². The number of rotatable bonds is 6. The molecule has 6 heteroatoms. The van der Waals surface area contributed by atoms with Gasteiger partial charge in [0.2, 0.25) is 0 Å². The first-order valence-electron chi connectivity index (χ1n) is 5.84. The van der Waals surface area contributed by atoms with Crippen LogP contribution in [0.3, 0.4) is 0 Å².